The van der Waals surface area contributed by atoms with Crippen molar-refractivity contribution in [3.8, 4) is 0 Å². The van der Waals surface area contributed by atoms with E-state index in [1.807, 2.05) is 0 Å². The van der Waals surface area contributed by atoms with Gasteiger partial charge in [-0.3, -0.25) is 9.59 Å². The summed E-state index contributed by atoms with van der Waals surface area (Å²) in [6, 6.07) is 2.60. The first-order chi connectivity index (χ1) is 9.87. The van der Waals surface area contributed by atoms with Crippen LogP contribution in [0.1, 0.15) is 12.8 Å². The summed E-state index contributed by atoms with van der Waals surface area (Å²) in [4.78, 5) is 23.9. The fourth-order valence-electron chi connectivity index (χ4n) is 2.14. The van der Waals surface area contributed by atoms with E-state index >= 15 is 0 Å². The third-order valence-corrected chi connectivity index (χ3v) is 3.22. The molecule has 21 heavy (non-hydrogen) atoms. The van der Waals surface area contributed by atoms with Crippen LogP contribution in [0.15, 0.2) is 23.1 Å². The second-order valence-electron chi connectivity index (χ2n) is 4.85. The Morgan fingerprint density at radius 2 is 2.05 bits per heavy atom. The quantitative estimate of drug-likeness (QED) is 0.926. The standard InChI is InChI=1S/C13H15F3N2O3/c14-13(15,16)8-18-5-1-2-10(12(18)20)17-11(19)9-3-6-21-7-4-9/h1-2,5,9H,3-4,6-8H2,(H,17,19). The first kappa shape index (κ1) is 15.6. The normalized spacial score (nSPS) is 16.7. The molecular weight excluding hydrogens is 289 g/mol. The zero-order chi connectivity index (χ0) is 15.5. The van der Waals surface area contributed by atoms with E-state index in [-0.39, 0.29) is 17.5 Å². The first-order valence-electron chi connectivity index (χ1n) is 6.51. The maximum Gasteiger partial charge on any atom is 0.406 e. The lowest BCUT2D eigenvalue weighted by atomic mass is 9.99. The van der Waals surface area contributed by atoms with Crippen LogP contribution in [0, 0.1) is 5.92 Å². The van der Waals surface area contributed by atoms with E-state index in [1.54, 1.807) is 0 Å². The third kappa shape index (κ3) is 4.32. The summed E-state index contributed by atoms with van der Waals surface area (Å²) in [7, 11) is 0. The lowest BCUT2D eigenvalue weighted by Gasteiger charge is -2.21. The Bertz CT molecular complexity index is 563. The van der Waals surface area contributed by atoms with E-state index in [9.17, 15) is 22.8 Å². The molecule has 1 saturated heterocycles. The minimum absolute atomic E-state index is 0.141. The van der Waals surface area contributed by atoms with Crippen molar-refractivity contribution in [3.05, 3.63) is 28.7 Å². The van der Waals surface area contributed by atoms with Crippen LogP contribution >= 0.6 is 0 Å². The number of amides is 1. The average Bonchev–Trinajstić information content (AvgIpc) is 2.43. The van der Waals surface area contributed by atoms with Crippen LogP contribution in [0.4, 0.5) is 18.9 Å². The van der Waals surface area contributed by atoms with Crippen molar-refractivity contribution in [2.24, 2.45) is 5.92 Å². The van der Waals surface area contributed by atoms with Gasteiger partial charge in [0.25, 0.3) is 5.56 Å². The van der Waals surface area contributed by atoms with Crippen LogP contribution in [0.5, 0.6) is 0 Å². The van der Waals surface area contributed by atoms with Crippen LogP contribution in [0.2, 0.25) is 0 Å². The molecule has 1 N–H and O–H groups in total. The fourth-order valence-corrected chi connectivity index (χ4v) is 2.14. The van der Waals surface area contributed by atoms with E-state index < -0.39 is 18.3 Å². The molecule has 1 aromatic rings. The van der Waals surface area contributed by atoms with Gasteiger partial charge in [0.15, 0.2) is 0 Å². The number of ether oxygens (including phenoxy) is 1. The van der Waals surface area contributed by atoms with E-state index in [0.717, 1.165) is 6.20 Å². The predicted octanol–water partition coefficient (Wildman–Crippen LogP) is 1.78. The molecule has 8 heteroatoms. The van der Waals surface area contributed by atoms with Crippen molar-refractivity contribution >= 4 is 11.6 Å². The molecule has 1 aromatic heterocycles. The maximum atomic E-state index is 12.3. The molecule has 0 saturated carbocycles. The summed E-state index contributed by atoms with van der Waals surface area (Å²) < 4.78 is 42.7. The number of nitrogens with one attached hydrogen (secondary N) is 1. The second-order valence-corrected chi connectivity index (χ2v) is 4.85. The molecule has 0 aromatic carbocycles. The van der Waals surface area contributed by atoms with E-state index in [2.05, 4.69) is 5.32 Å². The second kappa shape index (κ2) is 6.30. The summed E-state index contributed by atoms with van der Waals surface area (Å²) in [6.45, 7) is -0.455. The van der Waals surface area contributed by atoms with Crippen LogP contribution in [-0.4, -0.2) is 29.9 Å². The lowest BCUT2D eigenvalue weighted by molar-refractivity contribution is -0.141. The number of anilines is 1. The van der Waals surface area contributed by atoms with Gasteiger partial charge < -0.3 is 14.6 Å². The maximum absolute atomic E-state index is 12.3. The minimum Gasteiger partial charge on any atom is -0.381 e. The van der Waals surface area contributed by atoms with Crippen molar-refractivity contribution in [2.75, 3.05) is 18.5 Å². The molecule has 1 amide bonds. The van der Waals surface area contributed by atoms with Gasteiger partial charge in [-0.1, -0.05) is 0 Å². The molecule has 116 valence electrons. The SMILES string of the molecule is O=C(Nc1cccn(CC(F)(F)F)c1=O)C1CCOCC1. The van der Waals surface area contributed by atoms with Gasteiger partial charge in [-0.15, -0.1) is 0 Å². The lowest BCUT2D eigenvalue weighted by Crippen LogP contribution is -2.33. The third-order valence-electron chi connectivity index (χ3n) is 3.22. The molecule has 0 aliphatic carbocycles. The topological polar surface area (TPSA) is 60.3 Å². The number of carbonyl (C=O) groups excluding carboxylic acids is 1. The Morgan fingerprint density at radius 3 is 2.67 bits per heavy atom. The van der Waals surface area contributed by atoms with E-state index in [1.165, 1.54) is 12.1 Å². The Hall–Kier alpha value is -1.83. The van der Waals surface area contributed by atoms with Gasteiger partial charge in [0.1, 0.15) is 12.2 Å². The van der Waals surface area contributed by atoms with Crippen molar-refractivity contribution in [3.63, 3.8) is 0 Å². The highest BCUT2D eigenvalue weighted by Gasteiger charge is 2.29. The Kier molecular flexibility index (Phi) is 4.66. The highest BCUT2D eigenvalue weighted by Crippen LogP contribution is 2.18. The molecule has 2 rings (SSSR count). The molecule has 1 aliphatic rings. The summed E-state index contributed by atoms with van der Waals surface area (Å²) >= 11 is 0. The monoisotopic (exact) mass is 304 g/mol. The van der Waals surface area contributed by atoms with Gasteiger partial charge in [-0.2, -0.15) is 13.2 Å². The van der Waals surface area contributed by atoms with Crippen LogP contribution in [0.25, 0.3) is 0 Å². The Balaban J connectivity index is 2.11. The Labute approximate surface area is 118 Å². The summed E-state index contributed by atoms with van der Waals surface area (Å²) in [5.41, 5.74) is -1.01. The van der Waals surface area contributed by atoms with Crippen LogP contribution in [0.3, 0.4) is 0 Å². The van der Waals surface area contributed by atoms with Gasteiger partial charge >= 0.3 is 6.18 Å². The van der Waals surface area contributed by atoms with Gasteiger partial charge in [0, 0.05) is 25.3 Å². The minimum atomic E-state index is -4.49. The van der Waals surface area contributed by atoms with E-state index in [4.69, 9.17) is 4.74 Å². The van der Waals surface area contributed by atoms with Crippen molar-refractivity contribution in [2.45, 2.75) is 25.6 Å². The molecular formula is C13H15F3N2O3. The number of carbonyl (C=O) groups is 1. The molecule has 0 bridgehead atoms. The van der Waals surface area contributed by atoms with Crippen molar-refractivity contribution in [1.82, 2.24) is 4.57 Å². The zero-order valence-electron chi connectivity index (χ0n) is 11.2. The fraction of sp³-hybridized carbons (Fsp3) is 0.538. The van der Waals surface area contributed by atoms with Gasteiger partial charge in [-0.25, -0.2) is 0 Å². The Morgan fingerprint density at radius 1 is 1.38 bits per heavy atom. The van der Waals surface area contributed by atoms with Gasteiger partial charge in [0.2, 0.25) is 5.91 Å². The molecule has 5 nitrogen and oxygen atoms in total. The molecule has 1 fully saturated rings. The predicted molar refractivity (Wildman–Crippen MR) is 68.9 cm³/mol. The highest BCUT2D eigenvalue weighted by atomic mass is 19.4. The number of hydrogen-bond acceptors (Lipinski definition) is 3. The molecule has 0 unspecified atom stereocenters. The zero-order valence-corrected chi connectivity index (χ0v) is 11.2. The molecule has 0 radical (unpaired) electrons. The van der Waals surface area contributed by atoms with E-state index in [0.29, 0.717) is 30.6 Å². The first-order valence-corrected chi connectivity index (χ1v) is 6.51. The molecule has 0 spiro atoms. The summed E-state index contributed by atoms with van der Waals surface area (Å²) in [5, 5.41) is 2.41. The molecule has 2 heterocycles. The molecule has 0 atom stereocenters. The number of rotatable bonds is 3. The summed E-state index contributed by atoms with van der Waals surface area (Å²) in [5.74, 6) is -0.644. The van der Waals surface area contributed by atoms with Gasteiger partial charge in [-0.05, 0) is 25.0 Å². The number of nitrogens with zero attached hydrogens (tertiary/aromatic N) is 1. The van der Waals surface area contributed by atoms with Crippen molar-refractivity contribution in [1.29, 1.82) is 0 Å². The molecule has 1 aliphatic heterocycles. The van der Waals surface area contributed by atoms with Crippen LogP contribution in [-0.2, 0) is 16.1 Å². The van der Waals surface area contributed by atoms with Crippen LogP contribution < -0.4 is 10.9 Å². The largest absolute Gasteiger partial charge is 0.406 e. The number of hydrogen-bond donors (Lipinski definition) is 1. The van der Waals surface area contributed by atoms with Gasteiger partial charge in [0.05, 0.1) is 0 Å². The number of aromatic nitrogens is 1. The highest BCUT2D eigenvalue weighted by molar-refractivity contribution is 5.92. The number of pyridine rings is 1. The summed E-state index contributed by atoms with van der Waals surface area (Å²) in [6.07, 6.45) is -2.38. The average molecular weight is 304 g/mol. The van der Waals surface area contributed by atoms with Crippen molar-refractivity contribution < 1.29 is 22.7 Å². The number of halogens is 3. The number of alkyl halides is 3. The smallest absolute Gasteiger partial charge is 0.381 e.